The summed E-state index contributed by atoms with van der Waals surface area (Å²) >= 11 is 0. The molecule has 0 fully saturated rings. The highest BCUT2D eigenvalue weighted by Gasteiger charge is 2.23. The second-order valence-corrected chi connectivity index (χ2v) is 5.10. The molecule has 0 aliphatic heterocycles. The van der Waals surface area contributed by atoms with Crippen LogP contribution in [0.4, 0.5) is 20.2 Å². The fraction of sp³-hybridized carbons (Fsp3) is 0.176. The van der Waals surface area contributed by atoms with Gasteiger partial charge in [-0.25, -0.2) is 13.6 Å². The summed E-state index contributed by atoms with van der Waals surface area (Å²) in [6.07, 6.45) is 2.96. The van der Waals surface area contributed by atoms with Gasteiger partial charge >= 0.3 is 5.97 Å². The first-order valence-corrected chi connectivity index (χ1v) is 7.27. The van der Waals surface area contributed by atoms with Crippen LogP contribution >= 0.6 is 0 Å². The highest BCUT2D eigenvalue weighted by atomic mass is 19.1. The summed E-state index contributed by atoms with van der Waals surface area (Å²) in [5.74, 6) is -2.05. The average Bonchev–Trinajstić information content (AvgIpc) is 2.92. The number of hydrogen-bond acceptors (Lipinski definition) is 5. The number of carbonyl (C=O) groups is 1. The third-order valence-electron chi connectivity index (χ3n) is 3.46. The average molecular weight is 332 g/mol. The number of carbonyl (C=O) groups excluding carboxylic acids is 1. The van der Waals surface area contributed by atoms with E-state index in [0.29, 0.717) is 11.0 Å². The minimum atomic E-state index is -0.704. The summed E-state index contributed by atoms with van der Waals surface area (Å²) in [6.45, 7) is 3.27. The molecule has 124 valence electrons. The van der Waals surface area contributed by atoms with E-state index in [-0.39, 0.29) is 29.3 Å². The van der Waals surface area contributed by atoms with Crippen molar-refractivity contribution in [2.24, 2.45) is 0 Å². The molecule has 2 heterocycles. The molecule has 0 spiro atoms. The number of ether oxygens (including phenoxy) is 1. The largest absolute Gasteiger partial charge is 0.460 e. The third kappa shape index (κ3) is 2.80. The molecule has 0 saturated heterocycles. The van der Waals surface area contributed by atoms with Crippen molar-refractivity contribution in [3.63, 3.8) is 0 Å². The standard InChI is InChI=1S/C17H14F2N2O3/c1-3-23-17(22)16-15(10-8-20-5-4-14(10)24-16)21-13-7-11(18)9(2)6-12(13)19/h4-8,21H,3H2,1-2H3. The van der Waals surface area contributed by atoms with Crippen LogP contribution in [0.15, 0.2) is 35.0 Å². The first-order chi connectivity index (χ1) is 11.5. The lowest BCUT2D eigenvalue weighted by molar-refractivity contribution is 0.0494. The zero-order valence-electron chi connectivity index (χ0n) is 13.0. The summed E-state index contributed by atoms with van der Waals surface area (Å²) < 4.78 is 38.3. The Bertz CT molecular complexity index is 922. The van der Waals surface area contributed by atoms with Crippen LogP contribution in [0.1, 0.15) is 23.0 Å². The van der Waals surface area contributed by atoms with E-state index in [9.17, 15) is 13.6 Å². The van der Waals surface area contributed by atoms with Gasteiger partial charge in [-0.3, -0.25) is 4.98 Å². The Morgan fingerprint density at radius 1 is 1.33 bits per heavy atom. The van der Waals surface area contributed by atoms with Gasteiger partial charge < -0.3 is 14.5 Å². The van der Waals surface area contributed by atoms with Crippen LogP contribution in [-0.4, -0.2) is 17.6 Å². The SMILES string of the molecule is CCOC(=O)c1oc2ccncc2c1Nc1cc(F)c(C)cc1F. The van der Waals surface area contributed by atoms with Gasteiger partial charge in [-0.2, -0.15) is 0 Å². The van der Waals surface area contributed by atoms with E-state index in [0.717, 1.165) is 12.1 Å². The van der Waals surface area contributed by atoms with Crippen LogP contribution in [-0.2, 0) is 4.74 Å². The quantitative estimate of drug-likeness (QED) is 0.720. The molecule has 0 unspecified atom stereocenters. The zero-order valence-corrected chi connectivity index (χ0v) is 13.0. The normalized spacial score (nSPS) is 10.8. The number of anilines is 2. The molecule has 0 bridgehead atoms. The van der Waals surface area contributed by atoms with Gasteiger partial charge in [0.25, 0.3) is 0 Å². The van der Waals surface area contributed by atoms with Crippen LogP contribution in [0.3, 0.4) is 0 Å². The lowest BCUT2D eigenvalue weighted by Gasteiger charge is -2.09. The first kappa shape index (κ1) is 15.9. The predicted octanol–water partition coefficient (Wildman–Crippen LogP) is 4.33. The maximum Gasteiger partial charge on any atom is 0.376 e. The number of rotatable bonds is 4. The van der Waals surface area contributed by atoms with E-state index in [1.54, 1.807) is 13.0 Å². The van der Waals surface area contributed by atoms with Crippen LogP contribution in [0.25, 0.3) is 11.0 Å². The molecule has 7 heteroatoms. The monoisotopic (exact) mass is 332 g/mol. The van der Waals surface area contributed by atoms with Crippen molar-refractivity contribution in [3.8, 4) is 0 Å². The highest BCUT2D eigenvalue weighted by Crippen LogP contribution is 2.34. The van der Waals surface area contributed by atoms with E-state index in [2.05, 4.69) is 10.3 Å². The molecule has 2 aromatic heterocycles. The van der Waals surface area contributed by atoms with Gasteiger partial charge in [-0.15, -0.1) is 0 Å². The molecule has 5 nitrogen and oxygen atoms in total. The van der Waals surface area contributed by atoms with Crippen molar-refractivity contribution < 1.29 is 22.7 Å². The minimum absolute atomic E-state index is 0.116. The fourth-order valence-electron chi connectivity index (χ4n) is 2.28. The Labute approximate surface area is 136 Å². The van der Waals surface area contributed by atoms with Gasteiger partial charge in [0.15, 0.2) is 0 Å². The Morgan fingerprint density at radius 2 is 2.12 bits per heavy atom. The summed E-state index contributed by atoms with van der Waals surface area (Å²) in [7, 11) is 0. The Balaban J connectivity index is 2.12. The number of hydrogen-bond donors (Lipinski definition) is 1. The van der Waals surface area contributed by atoms with E-state index < -0.39 is 17.6 Å². The van der Waals surface area contributed by atoms with Gasteiger partial charge in [0.05, 0.1) is 17.7 Å². The Kier molecular flexibility index (Phi) is 4.16. The number of nitrogens with one attached hydrogen (secondary N) is 1. The first-order valence-electron chi connectivity index (χ1n) is 7.27. The number of fused-ring (bicyclic) bond motifs is 1. The third-order valence-corrected chi connectivity index (χ3v) is 3.46. The topological polar surface area (TPSA) is 64.4 Å². The molecule has 0 aliphatic carbocycles. The molecule has 3 aromatic rings. The summed E-state index contributed by atoms with van der Waals surface area (Å²) in [6, 6.07) is 3.66. The predicted molar refractivity (Wildman–Crippen MR) is 84.3 cm³/mol. The summed E-state index contributed by atoms with van der Waals surface area (Å²) in [4.78, 5) is 16.1. The summed E-state index contributed by atoms with van der Waals surface area (Å²) in [5, 5.41) is 3.18. The van der Waals surface area contributed by atoms with Crippen molar-refractivity contribution >= 4 is 28.3 Å². The van der Waals surface area contributed by atoms with Crippen LogP contribution in [0.5, 0.6) is 0 Å². The number of aromatic nitrogens is 1. The molecular formula is C17H14F2N2O3. The molecule has 1 aromatic carbocycles. The minimum Gasteiger partial charge on any atom is -0.460 e. The number of benzene rings is 1. The molecule has 1 N–H and O–H groups in total. The lowest BCUT2D eigenvalue weighted by atomic mass is 10.2. The van der Waals surface area contributed by atoms with E-state index in [4.69, 9.17) is 9.15 Å². The van der Waals surface area contributed by atoms with E-state index in [1.807, 2.05) is 0 Å². The van der Waals surface area contributed by atoms with Gasteiger partial charge in [0.1, 0.15) is 22.9 Å². The molecule has 0 atom stereocenters. The van der Waals surface area contributed by atoms with Gasteiger partial charge in [-0.05, 0) is 31.5 Å². The molecule has 0 amide bonds. The van der Waals surface area contributed by atoms with Gasteiger partial charge in [0, 0.05) is 18.5 Å². The number of aryl methyl sites for hydroxylation is 1. The molecule has 3 rings (SSSR count). The molecular weight excluding hydrogens is 318 g/mol. The maximum atomic E-state index is 14.1. The van der Waals surface area contributed by atoms with Crippen molar-refractivity contribution in [2.75, 3.05) is 11.9 Å². The van der Waals surface area contributed by atoms with Crippen LogP contribution in [0.2, 0.25) is 0 Å². The maximum absolute atomic E-state index is 14.1. The Hall–Kier alpha value is -2.96. The number of furan rings is 1. The Morgan fingerprint density at radius 3 is 2.88 bits per heavy atom. The molecule has 24 heavy (non-hydrogen) atoms. The molecule has 0 radical (unpaired) electrons. The number of nitrogens with zero attached hydrogens (tertiary/aromatic N) is 1. The summed E-state index contributed by atoms with van der Waals surface area (Å²) in [5.41, 5.74) is 0.625. The number of pyridine rings is 1. The molecule has 0 aliphatic rings. The van der Waals surface area contributed by atoms with Gasteiger partial charge in [-0.1, -0.05) is 0 Å². The number of esters is 1. The van der Waals surface area contributed by atoms with Crippen molar-refractivity contribution in [3.05, 3.63) is 53.6 Å². The second-order valence-electron chi connectivity index (χ2n) is 5.10. The van der Waals surface area contributed by atoms with E-state index in [1.165, 1.54) is 19.3 Å². The van der Waals surface area contributed by atoms with Gasteiger partial charge in [0.2, 0.25) is 5.76 Å². The van der Waals surface area contributed by atoms with Crippen LogP contribution in [0, 0.1) is 18.6 Å². The van der Waals surface area contributed by atoms with Crippen LogP contribution < -0.4 is 5.32 Å². The second kappa shape index (κ2) is 6.27. The van der Waals surface area contributed by atoms with E-state index >= 15 is 0 Å². The van der Waals surface area contributed by atoms with Crippen molar-refractivity contribution in [1.29, 1.82) is 0 Å². The lowest BCUT2D eigenvalue weighted by Crippen LogP contribution is -2.06. The van der Waals surface area contributed by atoms with Crippen molar-refractivity contribution in [1.82, 2.24) is 4.98 Å². The van der Waals surface area contributed by atoms with Crippen molar-refractivity contribution in [2.45, 2.75) is 13.8 Å². The smallest absolute Gasteiger partial charge is 0.376 e. The fourth-order valence-corrected chi connectivity index (χ4v) is 2.28. The highest BCUT2D eigenvalue weighted by molar-refractivity contribution is 6.05. The number of halogens is 2. The molecule has 0 saturated carbocycles. The zero-order chi connectivity index (χ0) is 17.3.